The quantitative estimate of drug-likeness (QED) is 0.788. The van der Waals surface area contributed by atoms with E-state index in [2.05, 4.69) is 4.72 Å². The first-order valence-electron chi connectivity index (χ1n) is 8.43. The van der Waals surface area contributed by atoms with Gasteiger partial charge in [0.15, 0.2) is 0 Å². The molecule has 5 nitrogen and oxygen atoms in total. The third-order valence-corrected chi connectivity index (χ3v) is 6.38. The summed E-state index contributed by atoms with van der Waals surface area (Å²) in [5.74, 6) is 0.505. The number of aryl methyl sites for hydroxylation is 1. The van der Waals surface area contributed by atoms with Gasteiger partial charge in [0.2, 0.25) is 10.0 Å². The molecule has 1 unspecified atom stereocenters. The molecule has 140 valence electrons. The zero-order chi connectivity index (χ0) is 18.8. The number of halogens is 1. The molecule has 26 heavy (non-hydrogen) atoms. The second-order valence-corrected chi connectivity index (χ2v) is 8.79. The first-order valence-corrected chi connectivity index (χ1v) is 10.5. The van der Waals surface area contributed by atoms with E-state index in [0.717, 1.165) is 29.7 Å². The van der Waals surface area contributed by atoms with Crippen LogP contribution in [0.3, 0.4) is 0 Å². The molecule has 0 aliphatic heterocycles. The molecule has 0 fully saturated rings. The van der Waals surface area contributed by atoms with Crippen molar-refractivity contribution in [2.75, 3.05) is 13.7 Å². The lowest BCUT2D eigenvalue weighted by molar-refractivity contribution is 0.0242. The lowest BCUT2D eigenvalue weighted by Crippen LogP contribution is -2.43. The Labute approximate surface area is 159 Å². The number of benzene rings is 2. The van der Waals surface area contributed by atoms with Crippen molar-refractivity contribution in [2.45, 2.75) is 30.6 Å². The van der Waals surface area contributed by atoms with E-state index in [1.54, 1.807) is 37.4 Å². The van der Waals surface area contributed by atoms with Crippen molar-refractivity contribution in [3.05, 3.63) is 64.2 Å². The molecule has 0 heterocycles. The number of rotatable bonds is 6. The van der Waals surface area contributed by atoms with Gasteiger partial charge in [-0.1, -0.05) is 35.9 Å². The van der Waals surface area contributed by atoms with Crippen LogP contribution in [0.4, 0.5) is 0 Å². The number of fused-ring (bicyclic) bond motifs is 1. The summed E-state index contributed by atoms with van der Waals surface area (Å²) in [6.07, 6.45) is 2.12. The van der Waals surface area contributed by atoms with E-state index < -0.39 is 15.6 Å². The van der Waals surface area contributed by atoms with Crippen LogP contribution in [0.2, 0.25) is 5.02 Å². The number of hydrogen-bond acceptors (Lipinski definition) is 4. The highest BCUT2D eigenvalue weighted by Gasteiger charge is 2.35. The minimum atomic E-state index is -3.63. The molecule has 0 amide bonds. The maximum Gasteiger partial charge on any atom is 0.215 e. The van der Waals surface area contributed by atoms with Crippen LogP contribution in [-0.2, 0) is 27.8 Å². The molecule has 1 aliphatic carbocycles. The number of sulfonamides is 1. The molecule has 2 N–H and O–H groups in total. The van der Waals surface area contributed by atoms with E-state index in [4.69, 9.17) is 16.3 Å². The summed E-state index contributed by atoms with van der Waals surface area (Å²) >= 11 is 6.05. The molecule has 0 spiro atoms. The highest BCUT2D eigenvalue weighted by Crippen LogP contribution is 2.36. The number of ether oxygens (including phenoxy) is 1. The highest BCUT2D eigenvalue weighted by molar-refractivity contribution is 7.88. The molecule has 2 aromatic rings. The van der Waals surface area contributed by atoms with Crippen LogP contribution in [0.5, 0.6) is 5.75 Å². The van der Waals surface area contributed by atoms with Gasteiger partial charge in [0.25, 0.3) is 0 Å². The van der Waals surface area contributed by atoms with Crippen LogP contribution in [0.15, 0.2) is 42.5 Å². The third kappa shape index (κ3) is 4.20. The second kappa shape index (κ2) is 7.56. The summed E-state index contributed by atoms with van der Waals surface area (Å²) in [5, 5.41) is 11.5. The van der Waals surface area contributed by atoms with E-state index in [1.807, 2.05) is 12.1 Å². The molecular formula is C19H22ClNO4S. The van der Waals surface area contributed by atoms with Gasteiger partial charge in [-0.2, -0.15) is 0 Å². The van der Waals surface area contributed by atoms with Crippen molar-refractivity contribution in [3.8, 4) is 5.75 Å². The van der Waals surface area contributed by atoms with E-state index in [1.165, 1.54) is 0 Å². The zero-order valence-electron chi connectivity index (χ0n) is 14.5. The number of nitrogens with one attached hydrogen (secondary N) is 1. The fourth-order valence-electron chi connectivity index (χ4n) is 3.35. The van der Waals surface area contributed by atoms with E-state index in [-0.39, 0.29) is 12.3 Å². The molecular weight excluding hydrogens is 374 g/mol. The molecule has 0 radical (unpaired) electrons. The van der Waals surface area contributed by atoms with Crippen molar-refractivity contribution >= 4 is 21.6 Å². The molecule has 0 saturated heterocycles. The number of hydrogen-bond donors (Lipinski definition) is 2. The van der Waals surface area contributed by atoms with Gasteiger partial charge >= 0.3 is 0 Å². The predicted octanol–water partition coefficient (Wildman–Crippen LogP) is 2.99. The van der Waals surface area contributed by atoms with Crippen LogP contribution >= 0.6 is 11.6 Å². The Kier molecular flexibility index (Phi) is 5.58. The SMILES string of the molecule is COc1ccc2c(c1)CCCC2(O)CNS(=O)(=O)Cc1ccccc1Cl. The van der Waals surface area contributed by atoms with E-state index >= 15 is 0 Å². The Morgan fingerprint density at radius 2 is 2.04 bits per heavy atom. The molecule has 0 saturated carbocycles. The van der Waals surface area contributed by atoms with Crippen molar-refractivity contribution in [3.63, 3.8) is 0 Å². The zero-order valence-corrected chi connectivity index (χ0v) is 16.1. The van der Waals surface area contributed by atoms with Crippen LogP contribution in [0.1, 0.15) is 29.5 Å². The van der Waals surface area contributed by atoms with Crippen molar-refractivity contribution in [1.82, 2.24) is 4.72 Å². The van der Waals surface area contributed by atoms with Gasteiger partial charge in [-0.05, 0) is 54.2 Å². The Bertz CT molecular complexity index is 900. The number of aliphatic hydroxyl groups is 1. The van der Waals surface area contributed by atoms with Gasteiger partial charge in [0.1, 0.15) is 11.4 Å². The Hall–Kier alpha value is -1.60. The molecule has 1 atom stereocenters. The van der Waals surface area contributed by atoms with Crippen molar-refractivity contribution < 1.29 is 18.3 Å². The highest BCUT2D eigenvalue weighted by atomic mass is 35.5. The van der Waals surface area contributed by atoms with Gasteiger partial charge in [0.05, 0.1) is 12.9 Å². The fourth-order valence-corrected chi connectivity index (χ4v) is 4.85. The molecule has 2 aromatic carbocycles. The standard InChI is InChI=1S/C19H22ClNO4S/c1-25-16-8-9-17-14(11-16)6-4-10-19(17,22)13-21-26(23,24)12-15-5-2-3-7-18(15)20/h2-3,5,7-9,11,21-22H,4,6,10,12-13H2,1H3. The fraction of sp³-hybridized carbons (Fsp3) is 0.368. The Balaban J connectivity index is 1.76. The van der Waals surface area contributed by atoms with Gasteiger partial charge in [0, 0.05) is 11.6 Å². The van der Waals surface area contributed by atoms with Gasteiger partial charge in [-0.15, -0.1) is 0 Å². The largest absolute Gasteiger partial charge is 0.497 e. The van der Waals surface area contributed by atoms with Gasteiger partial charge in [-0.25, -0.2) is 13.1 Å². The molecule has 3 rings (SSSR count). The van der Waals surface area contributed by atoms with E-state index in [0.29, 0.717) is 17.0 Å². The van der Waals surface area contributed by atoms with E-state index in [9.17, 15) is 13.5 Å². The molecule has 0 aromatic heterocycles. The summed E-state index contributed by atoms with van der Waals surface area (Å²) in [5.41, 5.74) is 1.05. The smallest absolute Gasteiger partial charge is 0.215 e. The summed E-state index contributed by atoms with van der Waals surface area (Å²) in [6.45, 7) is -0.0703. The Morgan fingerprint density at radius 1 is 1.27 bits per heavy atom. The van der Waals surface area contributed by atoms with Crippen LogP contribution in [-0.4, -0.2) is 27.2 Å². The van der Waals surface area contributed by atoms with Gasteiger partial charge in [-0.3, -0.25) is 0 Å². The first kappa shape index (κ1) is 19.2. The summed E-state index contributed by atoms with van der Waals surface area (Å²) in [6, 6.07) is 12.3. The topological polar surface area (TPSA) is 75.6 Å². The summed E-state index contributed by atoms with van der Waals surface area (Å²) < 4.78 is 32.7. The maximum atomic E-state index is 12.4. The third-order valence-electron chi connectivity index (χ3n) is 4.74. The van der Waals surface area contributed by atoms with Gasteiger partial charge < -0.3 is 9.84 Å². The minimum absolute atomic E-state index is 0.0703. The Morgan fingerprint density at radius 3 is 2.77 bits per heavy atom. The van der Waals surface area contributed by atoms with Crippen LogP contribution in [0.25, 0.3) is 0 Å². The molecule has 0 bridgehead atoms. The molecule has 1 aliphatic rings. The minimum Gasteiger partial charge on any atom is -0.497 e. The first-order chi connectivity index (χ1) is 12.3. The lowest BCUT2D eigenvalue weighted by Gasteiger charge is -2.34. The average Bonchev–Trinajstić information content (AvgIpc) is 2.62. The second-order valence-electron chi connectivity index (χ2n) is 6.58. The van der Waals surface area contributed by atoms with Crippen LogP contribution in [0, 0.1) is 0 Å². The monoisotopic (exact) mass is 395 g/mol. The predicted molar refractivity (Wildman–Crippen MR) is 102 cm³/mol. The normalized spacial score (nSPS) is 19.8. The average molecular weight is 396 g/mol. The van der Waals surface area contributed by atoms with Crippen molar-refractivity contribution in [2.24, 2.45) is 0 Å². The molecule has 7 heteroatoms. The summed E-state index contributed by atoms with van der Waals surface area (Å²) in [7, 11) is -2.03. The van der Waals surface area contributed by atoms with Crippen molar-refractivity contribution in [1.29, 1.82) is 0 Å². The number of methoxy groups -OCH3 is 1. The summed E-state index contributed by atoms with van der Waals surface area (Å²) in [4.78, 5) is 0. The lowest BCUT2D eigenvalue weighted by atomic mass is 9.79. The van der Waals surface area contributed by atoms with Crippen LogP contribution < -0.4 is 9.46 Å². The maximum absolute atomic E-state index is 12.4.